The second-order valence-electron chi connectivity index (χ2n) is 5.93. The third kappa shape index (κ3) is 2.14. The average molecular weight is 313 g/mol. The number of fused-ring (bicyclic) bond motifs is 1. The van der Waals surface area contributed by atoms with E-state index in [2.05, 4.69) is 0 Å². The van der Waals surface area contributed by atoms with Gasteiger partial charge in [0.25, 0.3) is 0 Å². The van der Waals surface area contributed by atoms with E-state index >= 15 is 0 Å². The molecule has 5 heteroatoms. The normalized spacial score (nSPS) is 16.5. The van der Waals surface area contributed by atoms with Crippen LogP contribution < -0.4 is 9.80 Å². The maximum Gasteiger partial charge on any atom is 0.169 e. The van der Waals surface area contributed by atoms with Crippen molar-refractivity contribution in [2.75, 3.05) is 16.8 Å². The minimum atomic E-state index is -0.832. The molecule has 0 N–H and O–H groups in total. The van der Waals surface area contributed by atoms with Crippen molar-refractivity contribution in [2.45, 2.75) is 26.9 Å². The first kappa shape index (κ1) is 15.3. The first-order valence-electron chi connectivity index (χ1n) is 7.38. The topological polar surface area (TPSA) is 30.3 Å². The second kappa shape index (κ2) is 5.24. The van der Waals surface area contributed by atoms with Crippen molar-refractivity contribution >= 4 is 17.1 Å². The van der Waals surface area contributed by atoms with Crippen molar-refractivity contribution in [3.63, 3.8) is 0 Å². The highest BCUT2D eigenvalue weighted by molar-refractivity contribution is 5.86. The molecule has 1 aliphatic rings. The molecule has 0 radical (unpaired) electrons. The Morgan fingerprint density at radius 1 is 1.13 bits per heavy atom. The quantitative estimate of drug-likeness (QED) is 0.782. The molecule has 23 heavy (non-hydrogen) atoms. The number of hydrogen-bond donors (Lipinski definition) is 0. The van der Waals surface area contributed by atoms with Gasteiger partial charge in [-0.2, -0.15) is 5.26 Å². The molecule has 3 rings (SSSR count). The van der Waals surface area contributed by atoms with E-state index < -0.39 is 17.2 Å². The lowest BCUT2D eigenvalue weighted by molar-refractivity contribution is 0.577. The van der Waals surface area contributed by atoms with Crippen LogP contribution in [0.1, 0.15) is 23.6 Å². The molecule has 2 aromatic carbocycles. The third-order valence-electron chi connectivity index (χ3n) is 4.45. The van der Waals surface area contributed by atoms with E-state index in [-0.39, 0.29) is 11.9 Å². The van der Waals surface area contributed by atoms with Crippen molar-refractivity contribution in [3.8, 4) is 6.07 Å². The summed E-state index contributed by atoms with van der Waals surface area (Å²) < 4.78 is 28.7. The summed E-state index contributed by atoms with van der Waals surface area (Å²) in [5.74, 6) is -1.63. The molecule has 0 fully saturated rings. The summed E-state index contributed by atoms with van der Waals surface area (Å²) in [6, 6.07) is 8.86. The molecule has 0 spiro atoms. The Kier molecular flexibility index (Phi) is 3.48. The smallest absolute Gasteiger partial charge is 0.169 e. The number of hydrogen-bond acceptors (Lipinski definition) is 3. The number of nitriles is 1. The molecular weight excluding hydrogens is 296 g/mol. The highest BCUT2D eigenvalue weighted by atomic mass is 19.1. The van der Waals surface area contributed by atoms with Crippen LogP contribution in [0, 0.1) is 36.8 Å². The van der Waals surface area contributed by atoms with Gasteiger partial charge in [-0.15, -0.1) is 0 Å². The van der Waals surface area contributed by atoms with Gasteiger partial charge in [0.05, 0.1) is 5.69 Å². The summed E-state index contributed by atoms with van der Waals surface area (Å²) in [6.07, 6.45) is -0.187. The van der Waals surface area contributed by atoms with Crippen LogP contribution in [0.5, 0.6) is 0 Å². The maximum atomic E-state index is 14.6. The van der Waals surface area contributed by atoms with Gasteiger partial charge < -0.3 is 9.80 Å². The van der Waals surface area contributed by atoms with Crippen LogP contribution in [-0.2, 0) is 0 Å². The van der Waals surface area contributed by atoms with E-state index in [1.165, 1.54) is 6.07 Å². The zero-order valence-corrected chi connectivity index (χ0v) is 13.5. The number of anilines is 3. The highest BCUT2D eigenvalue weighted by Crippen LogP contribution is 2.47. The lowest BCUT2D eigenvalue weighted by Crippen LogP contribution is -2.36. The Morgan fingerprint density at radius 3 is 2.48 bits per heavy atom. The monoisotopic (exact) mass is 313 g/mol. The van der Waals surface area contributed by atoms with Crippen LogP contribution in [0.2, 0.25) is 0 Å². The van der Waals surface area contributed by atoms with Crippen molar-refractivity contribution in [1.82, 2.24) is 0 Å². The predicted octanol–water partition coefficient (Wildman–Crippen LogP) is 4.39. The molecule has 1 atom stereocenters. The zero-order chi connectivity index (χ0) is 16.9. The molecule has 3 nitrogen and oxygen atoms in total. The molecule has 1 aliphatic heterocycles. The lowest BCUT2D eigenvalue weighted by Gasteiger charge is -2.29. The Bertz CT molecular complexity index is 839. The molecule has 0 aromatic heterocycles. The van der Waals surface area contributed by atoms with Crippen molar-refractivity contribution in [2.24, 2.45) is 0 Å². The summed E-state index contributed by atoms with van der Waals surface area (Å²) in [4.78, 5) is 3.64. The summed E-state index contributed by atoms with van der Waals surface area (Å²) in [7, 11) is 1.75. The fourth-order valence-corrected chi connectivity index (χ4v) is 3.09. The summed E-state index contributed by atoms with van der Waals surface area (Å²) >= 11 is 0. The molecule has 1 heterocycles. The van der Waals surface area contributed by atoms with Gasteiger partial charge in [0.15, 0.2) is 5.82 Å². The molecule has 0 aliphatic carbocycles. The van der Waals surface area contributed by atoms with E-state index in [0.29, 0.717) is 5.69 Å². The van der Waals surface area contributed by atoms with Crippen LogP contribution in [0.4, 0.5) is 25.8 Å². The number of rotatable bonds is 1. The SMILES string of the molecule is Cc1ccc(C)c(N2c3cc(F)c(C#N)c(F)c3N(C)[C@@H]2C)c1. The molecule has 0 amide bonds. The molecule has 0 bridgehead atoms. The van der Waals surface area contributed by atoms with Crippen LogP contribution in [0.25, 0.3) is 0 Å². The third-order valence-corrected chi connectivity index (χ3v) is 4.45. The second-order valence-corrected chi connectivity index (χ2v) is 5.93. The number of benzene rings is 2. The van der Waals surface area contributed by atoms with Crippen LogP contribution in [0.15, 0.2) is 24.3 Å². The van der Waals surface area contributed by atoms with Crippen LogP contribution >= 0.6 is 0 Å². The van der Waals surface area contributed by atoms with Gasteiger partial charge in [-0.05, 0) is 38.0 Å². The molecule has 118 valence electrons. The van der Waals surface area contributed by atoms with Crippen LogP contribution in [-0.4, -0.2) is 13.2 Å². The van der Waals surface area contributed by atoms with Crippen molar-refractivity contribution < 1.29 is 8.78 Å². The lowest BCUT2D eigenvalue weighted by atomic mass is 10.1. The van der Waals surface area contributed by atoms with Gasteiger partial charge in [-0.3, -0.25) is 0 Å². The Hall–Kier alpha value is -2.61. The summed E-state index contributed by atoms with van der Waals surface area (Å²) in [6.45, 7) is 5.87. The predicted molar refractivity (Wildman–Crippen MR) is 87.0 cm³/mol. The maximum absolute atomic E-state index is 14.6. The molecular formula is C18H17F2N3. The van der Waals surface area contributed by atoms with Gasteiger partial charge in [0.2, 0.25) is 0 Å². The van der Waals surface area contributed by atoms with E-state index in [0.717, 1.165) is 16.8 Å². The van der Waals surface area contributed by atoms with E-state index in [4.69, 9.17) is 5.26 Å². The van der Waals surface area contributed by atoms with Gasteiger partial charge >= 0.3 is 0 Å². The summed E-state index contributed by atoms with van der Waals surface area (Å²) in [5, 5.41) is 8.98. The minimum Gasteiger partial charge on any atom is -0.350 e. The standard InChI is InChI=1S/C18H17F2N3/c1-10-5-6-11(2)15(7-10)23-12(3)22(4)18-16(23)8-14(19)13(9-21)17(18)20/h5-8,12H,1-4H3/t12-/m0/s1. The van der Waals surface area contributed by atoms with Gasteiger partial charge in [0.1, 0.15) is 29.3 Å². The van der Waals surface area contributed by atoms with Gasteiger partial charge in [0, 0.05) is 18.8 Å². The largest absolute Gasteiger partial charge is 0.350 e. The van der Waals surface area contributed by atoms with E-state index in [1.54, 1.807) is 18.0 Å². The highest BCUT2D eigenvalue weighted by Gasteiger charge is 2.37. The molecule has 0 saturated carbocycles. The molecule has 0 unspecified atom stereocenters. The van der Waals surface area contributed by atoms with E-state index in [1.807, 2.05) is 43.9 Å². The average Bonchev–Trinajstić information content (AvgIpc) is 2.74. The number of nitrogens with zero attached hydrogens (tertiary/aromatic N) is 3. The Labute approximate surface area is 134 Å². The first-order chi connectivity index (χ1) is 10.9. The first-order valence-corrected chi connectivity index (χ1v) is 7.38. The number of halogens is 2. The van der Waals surface area contributed by atoms with Crippen LogP contribution in [0.3, 0.4) is 0 Å². The fraction of sp³-hybridized carbons (Fsp3) is 0.278. The molecule has 2 aromatic rings. The summed E-state index contributed by atoms with van der Waals surface area (Å²) in [5.41, 5.74) is 3.17. The van der Waals surface area contributed by atoms with Crippen molar-refractivity contribution in [3.05, 3.63) is 52.6 Å². The minimum absolute atomic E-state index is 0.187. The Balaban J connectivity index is 2.28. The van der Waals surface area contributed by atoms with Gasteiger partial charge in [-0.25, -0.2) is 8.78 Å². The Morgan fingerprint density at radius 2 is 1.83 bits per heavy atom. The van der Waals surface area contributed by atoms with E-state index in [9.17, 15) is 8.78 Å². The molecule has 0 saturated heterocycles. The zero-order valence-electron chi connectivity index (χ0n) is 13.5. The van der Waals surface area contributed by atoms with Gasteiger partial charge in [-0.1, -0.05) is 12.1 Å². The fourth-order valence-electron chi connectivity index (χ4n) is 3.09. The van der Waals surface area contributed by atoms with Crippen molar-refractivity contribution in [1.29, 1.82) is 5.26 Å². The number of aryl methyl sites for hydroxylation is 2.